The maximum absolute atomic E-state index is 14.4. The van der Waals surface area contributed by atoms with E-state index >= 15 is 0 Å². The lowest BCUT2D eigenvalue weighted by atomic mass is 9.77. The lowest BCUT2D eigenvalue weighted by Gasteiger charge is -2.32. The second kappa shape index (κ2) is 8.08. The van der Waals surface area contributed by atoms with Crippen molar-refractivity contribution < 1.29 is 36.2 Å². The molecule has 0 saturated carbocycles. The van der Waals surface area contributed by atoms with E-state index in [2.05, 4.69) is 15.4 Å². The van der Waals surface area contributed by atoms with E-state index in [0.29, 0.717) is 0 Å². The van der Waals surface area contributed by atoms with E-state index in [1.165, 1.54) is 29.8 Å². The van der Waals surface area contributed by atoms with Crippen molar-refractivity contribution in [3.63, 3.8) is 0 Å². The van der Waals surface area contributed by atoms with E-state index in [1.807, 2.05) is 0 Å². The Morgan fingerprint density at radius 2 is 2.00 bits per heavy atom. The molecule has 0 spiro atoms. The highest BCUT2D eigenvalue weighted by molar-refractivity contribution is 5.95. The molecule has 1 aliphatic rings. The first-order chi connectivity index (χ1) is 15.9. The maximum atomic E-state index is 14.4. The highest BCUT2D eigenvalue weighted by Crippen LogP contribution is 2.55. The standard InChI is InChI=1S/C21H20F5N5O3/c1-9-14(11-4-5-12(22)15(23)16(11)33-3)17(34-20(9,2)21(24,25)26)18(32)28-10-6-7-31-13(8-10)29-19(27)30-31/h4-9,14,17H,1-3H3,(H2,27,30)(H,28,32)/t9-,14-,17+,20+/m0/s1. The van der Waals surface area contributed by atoms with Crippen LogP contribution in [0.5, 0.6) is 5.75 Å². The average molecular weight is 485 g/mol. The molecule has 1 aliphatic heterocycles. The largest absolute Gasteiger partial charge is 0.493 e. The number of nitrogens with one attached hydrogen (secondary N) is 1. The molecule has 1 fully saturated rings. The first kappa shape index (κ1) is 23.7. The van der Waals surface area contributed by atoms with E-state index in [-0.39, 0.29) is 22.8 Å². The van der Waals surface area contributed by atoms with E-state index < -0.39 is 53.0 Å². The van der Waals surface area contributed by atoms with Gasteiger partial charge in [0, 0.05) is 35.3 Å². The van der Waals surface area contributed by atoms with Crippen LogP contribution < -0.4 is 15.8 Å². The topological polar surface area (TPSA) is 104 Å². The third-order valence-corrected chi connectivity index (χ3v) is 6.19. The molecular weight excluding hydrogens is 465 g/mol. The van der Waals surface area contributed by atoms with Crippen molar-refractivity contribution in [3.05, 3.63) is 47.7 Å². The number of pyridine rings is 1. The molecule has 1 aromatic carbocycles. The van der Waals surface area contributed by atoms with Gasteiger partial charge in [-0.15, -0.1) is 5.10 Å². The number of amides is 1. The van der Waals surface area contributed by atoms with Gasteiger partial charge in [0.15, 0.2) is 22.8 Å². The number of nitrogens with zero attached hydrogens (tertiary/aromatic N) is 3. The summed E-state index contributed by atoms with van der Waals surface area (Å²) in [5.41, 5.74) is 3.14. The number of benzene rings is 1. The second-order valence-electron chi connectivity index (χ2n) is 8.12. The molecule has 4 rings (SSSR count). The third-order valence-electron chi connectivity index (χ3n) is 6.19. The minimum Gasteiger partial charge on any atom is -0.493 e. The number of carbonyl (C=O) groups is 1. The summed E-state index contributed by atoms with van der Waals surface area (Å²) in [6.07, 6.45) is -5.12. The number of aromatic nitrogens is 3. The summed E-state index contributed by atoms with van der Waals surface area (Å²) < 4.78 is 81.8. The molecule has 3 aromatic rings. The molecule has 0 bridgehead atoms. The van der Waals surface area contributed by atoms with Crippen LogP contribution in [-0.2, 0) is 9.53 Å². The zero-order valence-corrected chi connectivity index (χ0v) is 18.2. The molecule has 3 N–H and O–H groups in total. The van der Waals surface area contributed by atoms with Crippen LogP contribution in [0.25, 0.3) is 5.65 Å². The molecule has 0 aliphatic carbocycles. The molecule has 8 nitrogen and oxygen atoms in total. The van der Waals surface area contributed by atoms with Crippen LogP contribution in [-0.4, -0.2) is 45.5 Å². The fourth-order valence-corrected chi connectivity index (χ4v) is 4.23. The van der Waals surface area contributed by atoms with Gasteiger partial charge in [0.2, 0.25) is 11.8 Å². The quantitative estimate of drug-likeness (QED) is 0.547. The van der Waals surface area contributed by atoms with Crippen LogP contribution in [0, 0.1) is 17.6 Å². The van der Waals surface area contributed by atoms with Crippen molar-refractivity contribution in [3.8, 4) is 5.75 Å². The van der Waals surface area contributed by atoms with Crippen molar-refractivity contribution >= 4 is 23.2 Å². The molecule has 2 aromatic heterocycles. The second-order valence-corrected chi connectivity index (χ2v) is 8.12. The van der Waals surface area contributed by atoms with Gasteiger partial charge in [0.1, 0.15) is 6.10 Å². The predicted octanol–water partition coefficient (Wildman–Crippen LogP) is 3.68. The number of ether oxygens (including phenoxy) is 2. The van der Waals surface area contributed by atoms with Crippen LogP contribution in [0.4, 0.5) is 33.6 Å². The van der Waals surface area contributed by atoms with Crippen LogP contribution in [0.2, 0.25) is 0 Å². The van der Waals surface area contributed by atoms with Crippen molar-refractivity contribution in [1.29, 1.82) is 0 Å². The van der Waals surface area contributed by atoms with Crippen LogP contribution >= 0.6 is 0 Å². The SMILES string of the molecule is COc1c([C@H]2[C@H](C(=O)Nc3ccn4nc(N)nc4c3)O[C@@](C)(C(F)(F)F)[C@H]2C)ccc(F)c1F. The highest BCUT2D eigenvalue weighted by Gasteiger charge is 2.65. The molecule has 0 unspecified atom stereocenters. The van der Waals surface area contributed by atoms with Crippen molar-refractivity contribution in [2.45, 2.75) is 37.6 Å². The number of fused-ring (bicyclic) bond motifs is 1. The zero-order valence-electron chi connectivity index (χ0n) is 18.2. The maximum Gasteiger partial charge on any atom is 0.417 e. The Balaban J connectivity index is 1.76. The number of nitrogen functional groups attached to an aromatic ring is 1. The van der Waals surface area contributed by atoms with E-state index in [1.54, 1.807) is 0 Å². The Morgan fingerprint density at radius 1 is 1.29 bits per heavy atom. The molecule has 0 radical (unpaired) electrons. The molecular formula is C21H20F5N5O3. The number of halogens is 5. The molecule has 34 heavy (non-hydrogen) atoms. The lowest BCUT2D eigenvalue weighted by Crippen LogP contribution is -2.47. The monoisotopic (exact) mass is 485 g/mol. The highest BCUT2D eigenvalue weighted by atomic mass is 19.4. The van der Waals surface area contributed by atoms with Gasteiger partial charge in [-0.05, 0) is 19.1 Å². The summed E-state index contributed by atoms with van der Waals surface area (Å²) in [5, 5.41) is 6.39. The van der Waals surface area contributed by atoms with Gasteiger partial charge < -0.3 is 20.5 Å². The Bertz CT molecular complexity index is 1260. The summed E-state index contributed by atoms with van der Waals surface area (Å²) in [4.78, 5) is 17.1. The number of rotatable bonds is 4. The van der Waals surface area contributed by atoms with E-state index in [9.17, 15) is 26.7 Å². The number of methoxy groups -OCH3 is 1. The molecule has 1 saturated heterocycles. The molecule has 13 heteroatoms. The Labute approximate surface area is 189 Å². The summed E-state index contributed by atoms with van der Waals surface area (Å²) in [6, 6.07) is 4.71. The Morgan fingerprint density at radius 3 is 2.65 bits per heavy atom. The Hall–Kier alpha value is -3.48. The summed E-state index contributed by atoms with van der Waals surface area (Å²) >= 11 is 0. The van der Waals surface area contributed by atoms with E-state index in [4.69, 9.17) is 15.2 Å². The van der Waals surface area contributed by atoms with Gasteiger partial charge in [-0.25, -0.2) is 8.91 Å². The fraction of sp³-hybridized carbons (Fsp3) is 0.381. The van der Waals surface area contributed by atoms with Crippen molar-refractivity contribution in [2.75, 3.05) is 18.2 Å². The number of nitrogens with two attached hydrogens (primary N) is 1. The average Bonchev–Trinajstić information content (AvgIpc) is 3.26. The van der Waals surface area contributed by atoms with Crippen LogP contribution in [0.3, 0.4) is 0 Å². The number of hydrogen-bond acceptors (Lipinski definition) is 6. The normalized spacial score (nSPS) is 25.0. The van der Waals surface area contributed by atoms with Gasteiger partial charge in [-0.3, -0.25) is 4.79 Å². The molecule has 3 heterocycles. The smallest absolute Gasteiger partial charge is 0.417 e. The van der Waals surface area contributed by atoms with Crippen molar-refractivity contribution in [2.24, 2.45) is 5.92 Å². The first-order valence-corrected chi connectivity index (χ1v) is 10.1. The Kier molecular flexibility index (Phi) is 5.62. The number of anilines is 2. The predicted molar refractivity (Wildman–Crippen MR) is 110 cm³/mol. The van der Waals surface area contributed by atoms with Gasteiger partial charge in [-0.1, -0.05) is 13.0 Å². The lowest BCUT2D eigenvalue weighted by molar-refractivity contribution is -0.272. The fourth-order valence-electron chi connectivity index (χ4n) is 4.23. The molecule has 1 amide bonds. The van der Waals surface area contributed by atoms with Gasteiger partial charge in [-0.2, -0.15) is 22.5 Å². The van der Waals surface area contributed by atoms with Crippen molar-refractivity contribution in [1.82, 2.24) is 14.6 Å². The summed E-state index contributed by atoms with van der Waals surface area (Å²) in [5.74, 6) is -6.82. The first-order valence-electron chi connectivity index (χ1n) is 10.1. The third kappa shape index (κ3) is 3.69. The number of carbonyl (C=O) groups excluding carboxylic acids is 1. The number of hydrogen-bond donors (Lipinski definition) is 2. The minimum absolute atomic E-state index is 0.0112. The van der Waals surface area contributed by atoms with Gasteiger partial charge in [0.05, 0.1) is 7.11 Å². The zero-order chi connectivity index (χ0) is 25.0. The van der Waals surface area contributed by atoms with Gasteiger partial charge >= 0.3 is 6.18 Å². The minimum atomic E-state index is -4.86. The van der Waals surface area contributed by atoms with Crippen LogP contribution in [0.1, 0.15) is 25.3 Å². The van der Waals surface area contributed by atoms with E-state index in [0.717, 1.165) is 26.2 Å². The summed E-state index contributed by atoms with van der Waals surface area (Å²) in [7, 11) is 1.05. The van der Waals surface area contributed by atoms with Crippen LogP contribution in [0.15, 0.2) is 30.5 Å². The summed E-state index contributed by atoms with van der Waals surface area (Å²) in [6.45, 7) is 2.05. The molecule has 4 atom stereocenters. The molecule has 182 valence electrons. The number of alkyl halides is 3. The van der Waals surface area contributed by atoms with Gasteiger partial charge in [0.25, 0.3) is 5.91 Å².